The van der Waals surface area contributed by atoms with Gasteiger partial charge in [-0.05, 0) is 33.1 Å². The van der Waals surface area contributed by atoms with Crippen molar-refractivity contribution in [2.75, 3.05) is 45.6 Å². The Balaban J connectivity index is 0.00000288. The molecule has 7 nitrogen and oxygen atoms in total. The monoisotopic (exact) mass is 474 g/mol. The lowest BCUT2D eigenvalue weighted by molar-refractivity contribution is 0.0904. The summed E-state index contributed by atoms with van der Waals surface area (Å²) in [7, 11) is -1.44. The predicted molar refractivity (Wildman–Crippen MR) is 108 cm³/mol. The van der Waals surface area contributed by atoms with E-state index in [-0.39, 0.29) is 42.4 Å². The first-order valence-corrected chi connectivity index (χ1v) is 10.1. The van der Waals surface area contributed by atoms with Crippen LogP contribution in [0.15, 0.2) is 4.99 Å². The summed E-state index contributed by atoms with van der Waals surface area (Å²) in [4.78, 5) is 6.48. The molecule has 0 aromatic carbocycles. The molecule has 1 heterocycles. The molecule has 1 N–H and O–H groups in total. The van der Waals surface area contributed by atoms with E-state index < -0.39 is 10.0 Å². The number of nitrogens with zero attached hydrogens (tertiary/aromatic N) is 3. The Labute approximate surface area is 163 Å². The Morgan fingerprint density at radius 3 is 2.33 bits per heavy atom. The molecule has 0 amide bonds. The maximum atomic E-state index is 12.3. The van der Waals surface area contributed by atoms with Crippen molar-refractivity contribution in [3.05, 3.63) is 0 Å². The van der Waals surface area contributed by atoms with Gasteiger partial charge in [0.25, 0.3) is 0 Å². The molecule has 142 valence electrons. The number of ether oxygens (including phenoxy) is 1. The van der Waals surface area contributed by atoms with Crippen molar-refractivity contribution in [3.63, 3.8) is 0 Å². The highest BCUT2D eigenvalue weighted by atomic mass is 127. The van der Waals surface area contributed by atoms with Crippen LogP contribution in [0.3, 0.4) is 0 Å². The Hall–Kier alpha value is -0.130. The summed E-state index contributed by atoms with van der Waals surface area (Å²) in [5, 5.41) is 3.46. The second kappa shape index (κ2) is 10.1. The quantitative estimate of drug-likeness (QED) is 0.355. The molecule has 0 aromatic rings. The number of piperazine rings is 1. The fourth-order valence-corrected chi connectivity index (χ4v) is 4.01. The van der Waals surface area contributed by atoms with Crippen molar-refractivity contribution in [1.29, 1.82) is 0 Å². The number of halogens is 1. The van der Waals surface area contributed by atoms with E-state index in [0.29, 0.717) is 32.2 Å². The second-order valence-electron chi connectivity index (χ2n) is 6.44. The van der Waals surface area contributed by atoms with Crippen molar-refractivity contribution in [1.82, 2.24) is 14.5 Å². The van der Waals surface area contributed by atoms with Gasteiger partial charge in [-0.1, -0.05) is 0 Å². The van der Waals surface area contributed by atoms with E-state index in [9.17, 15) is 8.42 Å². The summed E-state index contributed by atoms with van der Waals surface area (Å²) in [6.45, 7) is 6.45. The smallest absolute Gasteiger partial charge is 0.216 e. The van der Waals surface area contributed by atoms with Gasteiger partial charge >= 0.3 is 0 Å². The van der Waals surface area contributed by atoms with Crippen molar-refractivity contribution in [2.45, 2.75) is 45.3 Å². The summed E-state index contributed by atoms with van der Waals surface area (Å²) in [5.74, 6) is 0.954. The van der Waals surface area contributed by atoms with Gasteiger partial charge in [0.15, 0.2) is 5.96 Å². The highest BCUT2D eigenvalue weighted by Crippen LogP contribution is 2.18. The standard InChI is InChI=1S/C15H30N4O3S.HI/c1-13(2)22-11-12-23(20,21)19-9-7-18(8-10-19)15(16-3)17-14-5-4-6-14;/h13-14H,4-12H2,1-3H3,(H,16,17);1H. The van der Waals surface area contributed by atoms with Crippen LogP contribution in [0.1, 0.15) is 33.1 Å². The Bertz CT molecular complexity index is 501. The SMILES string of the molecule is CN=C(NC1CCC1)N1CCN(S(=O)(=O)CCOC(C)C)CC1.I. The lowest BCUT2D eigenvalue weighted by atomic mass is 9.93. The lowest BCUT2D eigenvalue weighted by Gasteiger charge is -2.38. The number of nitrogens with one attached hydrogen (secondary N) is 1. The normalized spacial score (nSPS) is 20.7. The topological polar surface area (TPSA) is 74.2 Å². The zero-order valence-electron chi connectivity index (χ0n) is 14.9. The van der Waals surface area contributed by atoms with Crippen molar-refractivity contribution in [2.24, 2.45) is 4.99 Å². The third-order valence-electron chi connectivity index (χ3n) is 4.37. The highest BCUT2D eigenvalue weighted by Gasteiger charge is 2.29. The van der Waals surface area contributed by atoms with Crippen LogP contribution in [0, 0.1) is 0 Å². The molecule has 1 saturated carbocycles. The minimum atomic E-state index is -3.23. The maximum Gasteiger partial charge on any atom is 0.216 e. The van der Waals surface area contributed by atoms with Gasteiger partial charge in [-0.25, -0.2) is 8.42 Å². The fraction of sp³-hybridized carbons (Fsp3) is 0.933. The number of aliphatic imine (C=N–C) groups is 1. The van der Waals surface area contributed by atoms with Crippen molar-refractivity contribution in [3.8, 4) is 0 Å². The second-order valence-corrected chi connectivity index (χ2v) is 8.53. The summed E-state index contributed by atoms with van der Waals surface area (Å²) in [6.07, 6.45) is 3.73. The number of rotatable bonds is 6. The first kappa shape index (κ1) is 21.9. The van der Waals surface area contributed by atoms with Gasteiger partial charge in [0, 0.05) is 39.3 Å². The van der Waals surface area contributed by atoms with Crippen LogP contribution in [0.2, 0.25) is 0 Å². The molecule has 0 atom stereocenters. The van der Waals surface area contributed by atoms with Crippen LogP contribution in [0.4, 0.5) is 0 Å². The zero-order chi connectivity index (χ0) is 16.9. The molecule has 9 heteroatoms. The third kappa shape index (κ3) is 6.30. The van der Waals surface area contributed by atoms with Crippen LogP contribution < -0.4 is 5.32 Å². The molecule has 0 spiro atoms. The molecule has 1 aliphatic heterocycles. The van der Waals surface area contributed by atoms with E-state index in [4.69, 9.17) is 4.74 Å². The van der Waals surface area contributed by atoms with Crippen LogP contribution >= 0.6 is 24.0 Å². The van der Waals surface area contributed by atoms with Crippen molar-refractivity contribution < 1.29 is 13.2 Å². The van der Waals surface area contributed by atoms with Gasteiger partial charge in [-0.2, -0.15) is 4.31 Å². The fourth-order valence-electron chi connectivity index (χ4n) is 2.73. The molecule has 1 saturated heterocycles. The minimum Gasteiger partial charge on any atom is -0.378 e. The molecule has 0 aromatic heterocycles. The average molecular weight is 474 g/mol. The first-order chi connectivity index (χ1) is 10.9. The number of sulfonamides is 1. The van der Waals surface area contributed by atoms with Gasteiger partial charge in [0.1, 0.15) is 0 Å². The predicted octanol–water partition coefficient (Wildman–Crippen LogP) is 1.10. The molecular formula is C15H31IN4O3S. The Morgan fingerprint density at radius 1 is 1.25 bits per heavy atom. The molecule has 2 rings (SSSR count). The molecule has 1 aliphatic carbocycles. The summed E-state index contributed by atoms with van der Waals surface area (Å²) in [6, 6.07) is 0.531. The molecule has 0 radical (unpaired) electrons. The highest BCUT2D eigenvalue weighted by molar-refractivity contribution is 14.0. The Kier molecular flexibility index (Phi) is 9.24. The van der Waals surface area contributed by atoms with E-state index >= 15 is 0 Å². The van der Waals surface area contributed by atoms with E-state index in [1.165, 1.54) is 19.3 Å². The summed E-state index contributed by atoms with van der Waals surface area (Å²) < 4.78 is 31.6. The van der Waals surface area contributed by atoms with E-state index in [2.05, 4.69) is 15.2 Å². The number of guanidine groups is 1. The van der Waals surface area contributed by atoms with Gasteiger partial charge in [0.2, 0.25) is 10.0 Å². The molecule has 0 bridgehead atoms. The number of hydrogen-bond donors (Lipinski definition) is 1. The van der Waals surface area contributed by atoms with Crippen LogP contribution in [0.25, 0.3) is 0 Å². The van der Waals surface area contributed by atoms with E-state index in [1.54, 1.807) is 11.4 Å². The van der Waals surface area contributed by atoms with Gasteiger partial charge in [0.05, 0.1) is 18.5 Å². The molecule has 2 fully saturated rings. The van der Waals surface area contributed by atoms with E-state index in [0.717, 1.165) is 5.96 Å². The van der Waals surface area contributed by atoms with Crippen LogP contribution in [-0.2, 0) is 14.8 Å². The zero-order valence-corrected chi connectivity index (χ0v) is 18.0. The van der Waals surface area contributed by atoms with Gasteiger partial charge < -0.3 is 15.0 Å². The van der Waals surface area contributed by atoms with Gasteiger partial charge in [-0.15, -0.1) is 24.0 Å². The molecule has 2 aliphatic rings. The summed E-state index contributed by atoms with van der Waals surface area (Å²) in [5.41, 5.74) is 0. The molecule has 0 unspecified atom stereocenters. The van der Waals surface area contributed by atoms with Gasteiger partial charge in [-0.3, -0.25) is 4.99 Å². The number of hydrogen-bond acceptors (Lipinski definition) is 4. The van der Waals surface area contributed by atoms with Crippen LogP contribution in [-0.4, -0.2) is 81.3 Å². The lowest BCUT2D eigenvalue weighted by Crippen LogP contribution is -2.56. The minimum absolute atomic E-state index is 0. The average Bonchev–Trinajstić information content (AvgIpc) is 2.46. The first-order valence-electron chi connectivity index (χ1n) is 8.50. The Morgan fingerprint density at radius 2 is 1.88 bits per heavy atom. The molecule has 24 heavy (non-hydrogen) atoms. The maximum absolute atomic E-state index is 12.3. The largest absolute Gasteiger partial charge is 0.378 e. The molecular weight excluding hydrogens is 443 g/mol. The van der Waals surface area contributed by atoms with E-state index in [1.807, 2.05) is 13.8 Å². The van der Waals surface area contributed by atoms with Crippen LogP contribution in [0.5, 0.6) is 0 Å². The third-order valence-corrected chi connectivity index (χ3v) is 6.21. The summed E-state index contributed by atoms with van der Waals surface area (Å²) >= 11 is 0. The van der Waals surface area contributed by atoms with Crippen molar-refractivity contribution >= 4 is 40.0 Å².